The van der Waals surface area contributed by atoms with Gasteiger partial charge in [0.1, 0.15) is 17.5 Å². The molecule has 2 aromatic rings. The lowest BCUT2D eigenvalue weighted by Crippen LogP contribution is -2.05. The van der Waals surface area contributed by atoms with Gasteiger partial charge < -0.3 is 5.73 Å². The van der Waals surface area contributed by atoms with Crippen LogP contribution < -0.4 is 5.73 Å². The highest BCUT2D eigenvalue weighted by Gasteiger charge is 2.06. The second-order valence-electron chi connectivity index (χ2n) is 5.04. The fraction of sp³-hybridized carbons (Fsp3) is 0.333. The number of halogens is 1. The first kappa shape index (κ1) is 14.8. The Morgan fingerprint density at radius 3 is 2.75 bits per heavy atom. The highest BCUT2D eigenvalue weighted by Crippen LogP contribution is 2.22. The first-order valence-electron chi connectivity index (χ1n) is 6.53. The summed E-state index contributed by atoms with van der Waals surface area (Å²) in [6, 6.07) is 8.32. The first-order chi connectivity index (χ1) is 9.52. The monoisotopic (exact) mass is 291 g/mol. The van der Waals surface area contributed by atoms with Crippen molar-refractivity contribution in [3.05, 3.63) is 47.7 Å². The third-order valence-corrected chi connectivity index (χ3v) is 3.62. The smallest absolute Gasteiger partial charge is 0.141 e. The Balaban J connectivity index is 2.07. The van der Waals surface area contributed by atoms with Gasteiger partial charge in [0.2, 0.25) is 0 Å². The van der Waals surface area contributed by atoms with Crippen LogP contribution in [0, 0.1) is 11.7 Å². The van der Waals surface area contributed by atoms with Gasteiger partial charge in [-0.05, 0) is 30.5 Å². The molecule has 0 atom stereocenters. The van der Waals surface area contributed by atoms with Gasteiger partial charge in [-0.3, -0.25) is 0 Å². The molecule has 0 spiro atoms. The largest absolute Gasteiger partial charge is 0.384 e. The van der Waals surface area contributed by atoms with Gasteiger partial charge in [0.25, 0.3) is 0 Å². The summed E-state index contributed by atoms with van der Waals surface area (Å²) in [6.07, 6.45) is 0.879. The van der Waals surface area contributed by atoms with Crippen molar-refractivity contribution in [2.24, 2.45) is 5.92 Å². The van der Waals surface area contributed by atoms with Crippen LogP contribution in [0.1, 0.15) is 25.4 Å². The number of hydrogen-bond acceptors (Lipinski definition) is 4. The standard InChI is InChI=1S/C15H18FN3S/c1-10(2)6-12-8-14(17)19-15(18-12)9-20-13-5-3-4-11(16)7-13/h3-5,7-8,10H,6,9H2,1-2H3,(H2,17,18,19). The molecule has 0 aliphatic rings. The van der Waals surface area contributed by atoms with Crippen LogP contribution in [0.3, 0.4) is 0 Å². The molecule has 5 heteroatoms. The fourth-order valence-corrected chi connectivity index (χ4v) is 2.66. The van der Waals surface area contributed by atoms with Gasteiger partial charge in [-0.2, -0.15) is 0 Å². The summed E-state index contributed by atoms with van der Waals surface area (Å²) in [5.74, 6) is 2.05. The molecule has 3 nitrogen and oxygen atoms in total. The van der Waals surface area contributed by atoms with E-state index < -0.39 is 0 Å². The minimum absolute atomic E-state index is 0.232. The number of rotatable bonds is 5. The van der Waals surface area contributed by atoms with Crippen LogP contribution in [0.4, 0.5) is 10.2 Å². The van der Waals surface area contributed by atoms with Gasteiger partial charge in [0.05, 0.1) is 5.75 Å². The molecule has 0 fully saturated rings. The van der Waals surface area contributed by atoms with Gasteiger partial charge in [0.15, 0.2) is 0 Å². The fourth-order valence-electron chi connectivity index (χ4n) is 1.87. The lowest BCUT2D eigenvalue weighted by molar-refractivity contribution is 0.624. The van der Waals surface area contributed by atoms with Crippen LogP contribution in [0.5, 0.6) is 0 Å². The van der Waals surface area contributed by atoms with Crippen molar-refractivity contribution in [1.82, 2.24) is 9.97 Å². The van der Waals surface area contributed by atoms with Gasteiger partial charge >= 0.3 is 0 Å². The summed E-state index contributed by atoms with van der Waals surface area (Å²) in [6.45, 7) is 4.28. The van der Waals surface area contributed by atoms with E-state index in [4.69, 9.17) is 5.73 Å². The summed E-state index contributed by atoms with van der Waals surface area (Å²) >= 11 is 1.50. The summed E-state index contributed by atoms with van der Waals surface area (Å²) in [4.78, 5) is 9.60. The molecule has 0 amide bonds. The molecule has 1 aromatic heterocycles. The van der Waals surface area contributed by atoms with Crippen LogP contribution in [0.15, 0.2) is 35.2 Å². The maximum atomic E-state index is 13.1. The normalized spacial score (nSPS) is 11.0. The second kappa shape index (κ2) is 6.70. The molecule has 0 saturated carbocycles. The Hall–Kier alpha value is -1.62. The Kier molecular flexibility index (Phi) is 4.95. The number of nitrogens with zero attached hydrogens (tertiary/aromatic N) is 2. The van der Waals surface area contributed by atoms with Gasteiger partial charge in [-0.1, -0.05) is 19.9 Å². The number of anilines is 1. The van der Waals surface area contributed by atoms with Gasteiger partial charge in [0, 0.05) is 16.7 Å². The Bertz CT molecular complexity index is 587. The molecule has 20 heavy (non-hydrogen) atoms. The minimum atomic E-state index is -0.232. The third kappa shape index (κ3) is 4.49. The lowest BCUT2D eigenvalue weighted by atomic mass is 10.1. The molecule has 2 N–H and O–H groups in total. The van der Waals surface area contributed by atoms with E-state index in [1.165, 1.54) is 23.9 Å². The van der Waals surface area contributed by atoms with Crippen LogP contribution in [-0.4, -0.2) is 9.97 Å². The van der Waals surface area contributed by atoms with E-state index in [-0.39, 0.29) is 5.82 Å². The molecule has 0 aliphatic heterocycles. The van der Waals surface area contributed by atoms with E-state index >= 15 is 0 Å². The molecule has 1 heterocycles. The topological polar surface area (TPSA) is 51.8 Å². The van der Waals surface area contributed by atoms with Crippen molar-refractivity contribution in [3.63, 3.8) is 0 Å². The number of hydrogen-bond donors (Lipinski definition) is 1. The number of benzene rings is 1. The molecule has 0 unspecified atom stereocenters. The van der Waals surface area contributed by atoms with Crippen LogP contribution >= 0.6 is 11.8 Å². The van der Waals surface area contributed by atoms with E-state index in [0.29, 0.717) is 23.3 Å². The van der Waals surface area contributed by atoms with Crippen LogP contribution in [0.2, 0.25) is 0 Å². The molecule has 2 rings (SSSR count). The van der Waals surface area contributed by atoms with Crippen molar-refractivity contribution in [2.75, 3.05) is 5.73 Å². The maximum Gasteiger partial charge on any atom is 0.141 e. The molecule has 106 valence electrons. The Labute approximate surface area is 122 Å². The lowest BCUT2D eigenvalue weighted by Gasteiger charge is -2.08. The van der Waals surface area contributed by atoms with Crippen LogP contribution in [-0.2, 0) is 12.2 Å². The first-order valence-corrected chi connectivity index (χ1v) is 7.52. The molecular formula is C15H18FN3S. The zero-order chi connectivity index (χ0) is 14.5. The van der Waals surface area contributed by atoms with Crippen molar-refractivity contribution >= 4 is 17.6 Å². The van der Waals surface area contributed by atoms with E-state index in [1.54, 1.807) is 6.07 Å². The van der Waals surface area contributed by atoms with Crippen molar-refractivity contribution in [2.45, 2.75) is 30.9 Å². The van der Waals surface area contributed by atoms with E-state index in [1.807, 2.05) is 12.1 Å². The number of aromatic nitrogens is 2. The number of nitrogen functional groups attached to an aromatic ring is 1. The van der Waals surface area contributed by atoms with E-state index in [9.17, 15) is 4.39 Å². The average molecular weight is 291 g/mol. The van der Waals surface area contributed by atoms with Crippen molar-refractivity contribution in [3.8, 4) is 0 Å². The number of thioether (sulfide) groups is 1. The van der Waals surface area contributed by atoms with Crippen molar-refractivity contribution < 1.29 is 4.39 Å². The Morgan fingerprint density at radius 2 is 2.05 bits per heavy atom. The molecule has 1 aromatic carbocycles. The highest BCUT2D eigenvalue weighted by atomic mass is 32.2. The predicted molar refractivity (Wildman–Crippen MR) is 80.9 cm³/mol. The average Bonchev–Trinajstić information content (AvgIpc) is 2.35. The summed E-state index contributed by atoms with van der Waals surface area (Å²) < 4.78 is 13.1. The van der Waals surface area contributed by atoms with E-state index in [2.05, 4.69) is 23.8 Å². The molecule has 0 bridgehead atoms. The molecule has 0 radical (unpaired) electrons. The molecular weight excluding hydrogens is 273 g/mol. The maximum absolute atomic E-state index is 13.1. The summed E-state index contributed by atoms with van der Waals surface area (Å²) in [7, 11) is 0. The van der Waals surface area contributed by atoms with Crippen molar-refractivity contribution in [1.29, 1.82) is 0 Å². The van der Waals surface area contributed by atoms with E-state index in [0.717, 1.165) is 17.0 Å². The predicted octanol–water partition coefficient (Wildman–Crippen LogP) is 3.69. The highest BCUT2D eigenvalue weighted by molar-refractivity contribution is 7.98. The molecule has 0 aliphatic carbocycles. The third-order valence-electron chi connectivity index (χ3n) is 2.63. The van der Waals surface area contributed by atoms with Crippen LogP contribution in [0.25, 0.3) is 0 Å². The SMILES string of the molecule is CC(C)Cc1cc(N)nc(CSc2cccc(F)c2)n1. The minimum Gasteiger partial charge on any atom is -0.384 e. The van der Waals surface area contributed by atoms with Gasteiger partial charge in [-0.25, -0.2) is 14.4 Å². The Morgan fingerprint density at radius 1 is 1.25 bits per heavy atom. The summed E-state index contributed by atoms with van der Waals surface area (Å²) in [5, 5.41) is 0. The van der Waals surface area contributed by atoms with Gasteiger partial charge in [-0.15, -0.1) is 11.8 Å². The second-order valence-corrected chi connectivity index (χ2v) is 6.09. The zero-order valence-corrected chi connectivity index (χ0v) is 12.5. The number of nitrogens with two attached hydrogens (primary N) is 1. The quantitative estimate of drug-likeness (QED) is 0.854. The zero-order valence-electron chi connectivity index (χ0n) is 11.6. The summed E-state index contributed by atoms with van der Waals surface area (Å²) in [5.41, 5.74) is 6.77. The molecule has 0 saturated heterocycles.